The van der Waals surface area contributed by atoms with Crippen LogP contribution in [0.15, 0.2) is 48.9 Å². The summed E-state index contributed by atoms with van der Waals surface area (Å²) in [7, 11) is 0. The van der Waals surface area contributed by atoms with Gasteiger partial charge in [-0.3, -0.25) is 4.98 Å². The number of nitrogens with zero attached hydrogens (tertiary/aromatic N) is 3. The van der Waals surface area contributed by atoms with E-state index in [1.165, 1.54) is 32.0 Å². The number of hydrogen-bond donors (Lipinski definition) is 0. The van der Waals surface area contributed by atoms with E-state index >= 15 is 0 Å². The summed E-state index contributed by atoms with van der Waals surface area (Å²) in [5.74, 6) is 0. The summed E-state index contributed by atoms with van der Waals surface area (Å²) >= 11 is 1.87. The van der Waals surface area contributed by atoms with E-state index in [-0.39, 0.29) is 0 Å². The van der Waals surface area contributed by atoms with Gasteiger partial charge in [-0.25, -0.2) is 0 Å². The first-order chi connectivity index (χ1) is 9.42. The molecule has 1 aliphatic rings. The van der Waals surface area contributed by atoms with Crippen molar-refractivity contribution in [3.8, 4) is 10.6 Å². The summed E-state index contributed by atoms with van der Waals surface area (Å²) in [5.41, 5.74) is 5.07. The number of fused-ring (bicyclic) bond motifs is 7. The lowest BCUT2D eigenvalue weighted by Gasteiger charge is -1.90. The van der Waals surface area contributed by atoms with Crippen LogP contribution in [0.4, 0.5) is 0 Å². The Balaban J connectivity index is 1.93. The van der Waals surface area contributed by atoms with Gasteiger partial charge < -0.3 is 4.40 Å². The van der Waals surface area contributed by atoms with Crippen molar-refractivity contribution < 1.29 is 4.57 Å². The normalized spacial score (nSPS) is 13.1. The van der Waals surface area contributed by atoms with E-state index in [2.05, 4.69) is 50.6 Å². The maximum Gasteiger partial charge on any atom is 0.272 e. The second-order valence-electron chi connectivity index (χ2n) is 4.83. The van der Waals surface area contributed by atoms with E-state index in [1.54, 1.807) is 0 Å². The fraction of sp³-hybridized carbons (Fsp3) is 0.0667. The molecule has 90 valence electrons. The third-order valence-corrected chi connectivity index (χ3v) is 5.04. The Bertz CT molecular complexity index is 949. The molecule has 0 aromatic carbocycles. The van der Waals surface area contributed by atoms with Gasteiger partial charge in [0.2, 0.25) is 5.52 Å². The highest BCUT2D eigenvalue weighted by Gasteiger charge is 2.33. The Morgan fingerprint density at radius 2 is 2.21 bits per heavy atom. The predicted octanol–water partition coefficient (Wildman–Crippen LogP) is 2.87. The van der Waals surface area contributed by atoms with Gasteiger partial charge in [0, 0.05) is 12.4 Å². The molecule has 0 N–H and O–H groups in total. The fourth-order valence-corrected chi connectivity index (χ4v) is 4.21. The molecule has 3 nitrogen and oxygen atoms in total. The number of thiazole rings is 1. The summed E-state index contributed by atoms with van der Waals surface area (Å²) in [4.78, 5) is 4.49. The van der Waals surface area contributed by atoms with Gasteiger partial charge in [0.15, 0.2) is 6.54 Å². The molecule has 0 aliphatic carbocycles. The Morgan fingerprint density at radius 1 is 1.21 bits per heavy atom. The second-order valence-corrected chi connectivity index (χ2v) is 5.83. The molecule has 5 rings (SSSR count). The molecule has 0 atom stereocenters. The molecular formula is C15H10N3S+. The van der Waals surface area contributed by atoms with E-state index in [0.29, 0.717) is 0 Å². The van der Waals surface area contributed by atoms with Crippen LogP contribution in [-0.4, -0.2) is 9.38 Å². The van der Waals surface area contributed by atoms with Crippen LogP contribution in [0.25, 0.3) is 26.3 Å². The van der Waals surface area contributed by atoms with Crippen molar-refractivity contribution in [2.45, 2.75) is 6.54 Å². The van der Waals surface area contributed by atoms with Crippen LogP contribution in [0.5, 0.6) is 0 Å². The fourth-order valence-electron chi connectivity index (χ4n) is 2.91. The lowest BCUT2D eigenvalue weighted by Crippen LogP contribution is -2.30. The zero-order valence-corrected chi connectivity index (χ0v) is 10.9. The van der Waals surface area contributed by atoms with Crippen molar-refractivity contribution in [1.29, 1.82) is 0 Å². The Labute approximate surface area is 113 Å². The smallest absolute Gasteiger partial charge is 0.272 e. The van der Waals surface area contributed by atoms with Gasteiger partial charge >= 0.3 is 0 Å². The molecule has 1 aliphatic heterocycles. The van der Waals surface area contributed by atoms with Crippen LogP contribution in [0.2, 0.25) is 0 Å². The summed E-state index contributed by atoms with van der Waals surface area (Å²) in [5, 5.41) is 1.33. The Hall–Kier alpha value is -2.20. The maximum atomic E-state index is 4.49. The molecule has 0 spiro atoms. The van der Waals surface area contributed by atoms with Gasteiger partial charge in [-0.05, 0) is 24.3 Å². The molecule has 0 amide bonds. The largest absolute Gasteiger partial charge is 0.316 e. The van der Waals surface area contributed by atoms with Gasteiger partial charge in [-0.15, -0.1) is 0 Å². The molecule has 0 unspecified atom stereocenters. The van der Waals surface area contributed by atoms with E-state index in [9.17, 15) is 0 Å². The first-order valence-corrected chi connectivity index (χ1v) is 7.10. The summed E-state index contributed by atoms with van der Waals surface area (Å²) in [6, 6.07) is 10.5. The number of rotatable bonds is 0. The van der Waals surface area contributed by atoms with Crippen LogP contribution >= 0.6 is 11.3 Å². The zero-order chi connectivity index (χ0) is 12.4. The number of aromatic nitrogens is 3. The SMILES string of the molecule is c1cnc2c(c1)-c1sc3c4ccccn4cc3[n+]1C2. The molecule has 5 heterocycles. The molecule has 0 saturated heterocycles. The van der Waals surface area contributed by atoms with Crippen molar-refractivity contribution in [3.63, 3.8) is 0 Å². The van der Waals surface area contributed by atoms with Gasteiger partial charge in [-0.1, -0.05) is 17.4 Å². The lowest BCUT2D eigenvalue weighted by molar-refractivity contribution is -0.642. The standard InChI is InChI=1S/C15H10N3S/c1-2-7-17-9-13-14(12(17)5-1)19-15-10-4-3-6-16-11(10)8-18(13)15/h1-7,9H,8H2/q+1. The second kappa shape index (κ2) is 3.22. The van der Waals surface area contributed by atoms with Gasteiger partial charge in [-0.2, -0.15) is 4.57 Å². The average molecular weight is 264 g/mol. The topological polar surface area (TPSA) is 21.2 Å². The minimum atomic E-state index is 0.891. The van der Waals surface area contributed by atoms with Crippen molar-refractivity contribution in [1.82, 2.24) is 9.38 Å². The monoisotopic (exact) mass is 264 g/mol. The molecular weight excluding hydrogens is 254 g/mol. The zero-order valence-electron chi connectivity index (χ0n) is 10.1. The van der Waals surface area contributed by atoms with Gasteiger partial charge in [0.25, 0.3) is 5.01 Å². The molecule has 4 heteroatoms. The van der Waals surface area contributed by atoms with Gasteiger partial charge in [0.05, 0.1) is 17.3 Å². The Morgan fingerprint density at radius 3 is 3.21 bits per heavy atom. The van der Waals surface area contributed by atoms with Crippen LogP contribution in [0.3, 0.4) is 0 Å². The van der Waals surface area contributed by atoms with Crippen LogP contribution < -0.4 is 4.57 Å². The molecule has 19 heavy (non-hydrogen) atoms. The summed E-state index contributed by atoms with van der Waals surface area (Å²) < 4.78 is 5.94. The highest BCUT2D eigenvalue weighted by molar-refractivity contribution is 7.22. The van der Waals surface area contributed by atoms with Gasteiger partial charge in [0.1, 0.15) is 10.4 Å². The molecule has 0 fully saturated rings. The summed E-state index contributed by atoms with van der Waals surface area (Å²) in [6.45, 7) is 0.891. The maximum absolute atomic E-state index is 4.49. The molecule has 0 bridgehead atoms. The van der Waals surface area contributed by atoms with E-state index in [1.807, 2.05) is 23.6 Å². The molecule has 4 aromatic heterocycles. The first kappa shape index (κ1) is 9.69. The van der Waals surface area contributed by atoms with E-state index in [0.717, 1.165) is 6.54 Å². The quantitative estimate of drug-likeness (QED) is 0.394. The third-order valence-electron chi connectivity index (χ3n) is 3.78. The van der Waals surface area contributed by atoms with Crippen molar-refractivity contribution in [2.24, 2.45) is 0 Å². The molecule has 4 aromatic rings. The van der Waals surface area contributed by atoms with Crippen molar-refractivity contribution >= 4 is 27.1 Å². The van der Waals surface area contributed by atoms with E-state index in [4.69, 9.17) is 0 Å². The van der Waals surface area contributed by atoms with Crippen LogP contribution in [0.1, 0.15) is 5.69 Å². The number of hydrogen-bond acceptors (Lipinski definition) is 2. The highest BCUT2D eigenvalue weighted by atomic mass is 32.1. The minimum absolute atomic E-state index is 0.891. The lowest BCUT2D eigenvalue weighted by atomic mass is 10.2. The minimum Gasteiger partial charge on any atom is -0.316 e. The van der Waals surface area contributed by atoms with Crippen molar-refractivity contribution in [2.75, 3.05) is 0 Å². The Kier molecular flexibility index (Phi) is 1.64. The predicted molar refractivity (Wildman–Crippen MR) is 75.3 cm³/mol. The average Bonchev–Trinajstić information content (AvgIpc) is 3.07. The van der Waals surface area contributed by atoms with Crippen LogP contribution in [0, 0.1) is 0 Å². The van der Waals surface area contributed by atoms with Crippen LogP contribution in [-0.2, 0) is 6.54 Å². The highest BCUT2D eigenvalue weighted by Crippen LogP contribution is 2.36. The summed E-state index contributed by atoms with van der Waals surface area (Å²) in [6.07, 6.45) is 6.20. The molecule has 0 radical (unpaired) electrons. The number of pyridine rings is 2. The molecule has 0 saturated carbocycles. The first-order valence-electron chi connectivity index (χ1n) is 6.28. The third kappa shape index (κ3) is 1.12. The van der Waals surface area contributed by atoms with Crippen molar-refractivity contribution in [3.05, 3.63) is 54.6 Å². The van der Waals surface area contributed by atoms with E-state index < -0.39 is 0 Å².